The van der Waals surface area contributed by atoms with Gasteiger partial charge in [-0.2, -0.15) is 0 Å². The van der Waals surface area contributed by atoms with E-state index >= 15 is 0 Å². The Morgan fingerprint density at radius 2 is 1.90 bits per heavy atom. The molecule has 1 aromatic carbocycles. The average Bonchev–Trinajstić information content (AvgIpc) is 2.34. The van der Waals surface area contributed by atoms with Gasteiger partial charge in [-0.3, -0.25) is 0 Å². The lowest BCUT2D eigenvalue weighted by Gasteiger charge is -2.37. The van der Waals surface area contributed by atoms with Crippen molar-refractivity contribution in [1.82, 2.24) is 0 Å². The Hall–Kier alpha value is -1.52. The molecule has 0 atom stereocenters. The number of hydrogen-bond acceptors (Lipinski definition) is 3. The van der Waals surface area contributed by atoms with Gasteiger partial charge in [0, 0.05) is 5.56 Å². The number of phenols is 1. The molecule has 1 rings (SSSR count). The Morgan fingerprint density at radius 1 is 1.25 bits per heavy atom. The molecule has 0 spiro atoms. The molecular formula is C16H23BO3. The first-order valence-corrected chi connectivity index (χ1v) is 6.65. The van der Waals surface area contributed by atoms with Crippen LogP contribution in [0, 0.1) is 0 Å². The van der Waals surface area contributed by atoms with Crippen LogP contribution in [0.1, 0.15) is 33.3 Å². The summed E-state index contributed by atoms with van der Waals surface area (Å²) in [4.78, 5) is 0. The Kier molecular flexibility index (Phi) is 5.20. The third-order valence-corrected chi connectivity index (χ3v) is 3.63. The molecule has 0 fully saturated rings. The fourth-order valence-electron chi connectivity index (χ4n) is 1.52. The maximum atomic E-state index is 10.1. The van der Waals surface area contributed by atoms with Crippen LogP contribution in [0.2, 0.25) is 0 Å². The number of phenolic OH excluding ortho intramolecular Hbond substituents is 1. The molecule has 0 saturated carbocycles. The monoisotopic (exact) mass is 274 g/mol. The van der Waals surface area contributed by atoms with Crippen LogP contribution in [-0.4, -0.2) is 28.9 Å². The summed E-state index contributed by atoms with van der Waals surface area (Å²) in [6.07, 6.45) is 5.20. The predicted molar refractivity (Wildman–Crippen MR) is 85.6 cm³/mol. The highest BCUT2D eigenvalue weighted by atomic mass is 16.5. The van der Waals surface area contributed by atoms with Crippen molar-refractivity contribution < 1.29 is 14.9 Å². The fourth-order valence-corrected chi connectivity index (χ4v) is 1.52. The Balaban J connectivity index is 2.96. The van der Waals surface area contributed by atoms with Gasteiger partial charge in [0.25, 0.3) is 0 Å². The van der Waals surface area contributed by atoms with Gasteiger partial charge >= 0.3 is 7.48 Å². The first-order chi connectivity index (χ1) is 9.19. The molecule has 0 heterocycles. The number of aliphatic hydroxyl groups is 1. The normalized spacial score (nSPS) is 12.7. The van der Waals surface area contributed by atoms with E-state index in [1.165, 1.54) is 0 Å². The molecule has 3 nitrogen and oxygen atoms in total. The van der Waals surface area contributed by atoms with Gasteiger partial charge in [0.2, 0.25) is 0 Å². The van der Waals surface area contributed by atoms with Crippen molar-refractivity contribution in [3.05, 3.63) is 42.5 Å². The topological polar surface area (TPSA) is 49.7 Å². The lowest BCUT2D eigenvalue weighted by Crippen LogP contribution is -2.49. The first kappa shape index (κ1) is 16.5. The lowest BCUT2D eigenvalue weighted by atomic mass is 9.80. The van der Waals surface area contributed by atoms with Crippen molar-refractivity contribution >= 4 is 19.0 Å². The molecule has 0 aliphatic carbocycles. The smallest absolute Gasteiger partial charge is 0.310 e. The zero-order chi connectivity index (χ0) is 15.4. The summed E-state index contributed by atoms with van der Waals surface area (Å²) in [5.74, 6) is 0.199. The number of aromatic hydroxyl groups is 1. The van der Waals surface area contributed by atoms with Gasteiger partial charge in [-0.05, 0) is 39.2 Å². The number of allylic oxidation sites excluding steroid dienone is 2. The minimum absolute atomic E-state index is 0.199. The molecule has 0 bridgehead atoms. The van der Waals surface area contributed by atoms with Gasteiger partial charge in [-0.25, -0.2) is 0 Å². The number of hydrogen-bond donors (Lipinski definition) is 2. The largest absolute Gasteiger partial charge is 0.507 e. The van der Waals surface area contributed by atoms with E-state index in [2.05, 4.69) is 6.58 Å². The van der Waals surface area contributed by atoms with E-state index in [0.717, 1.165) is 5.46 Å². The van der Waals surface area contributed by atoms with Crippen LogP contribution >= 0.6 is 0 Å². The maximum Gasteiger partial charge on any atom is 0.310 e. The third kappa shape index (κ3) is 3.99. The van der Waals surface area contributed by atoms with Crippen molar-refractivity contribution in [3.8, 4) is 5.75 Å². The van der Waals surface area contributed by atoms with E-state index in [0.29, 0.717) is 13.0 Å². The minimum Gasteiger partial charge on any atom is -0.507 e. The molecule has 0 aromatic heterocycles. The Bertz CT molecular complexity index is 499. The highest BCUT2D eigenvalue weighted by molar-refractivity contribution is 6.48. The summed E-state index contributed by atoms with van der Waals surface area (Å²) in [6, 6.07) is 5.30. The minimum atomic E-state index is -0.957. The summed E-state index contributed by atoms with van der Waals surface area (Å²) >= 11 is 0. The summed E-state index contributed by atoms with van der Waals surface area (Å²) in [5.41, 5.74) is -0.0851. The fraction of sp³-hybridized carbons (Fsp3) is 0.375. The molecule has 4 heteroatoms. The average molecular weight is 274 g/mol. The lowest BCUT2D eigenvalue weighted by molar-refractivity contribution is -0.0893. The molecular weight excluding hydrogens is 251 g/mol. The molecule has 0 aliphatic heterocycles. The number of benzene rings is 1. The van der Waals surface area contributed by atoms with Gasteiger partial charge in [-0.15, -0.1) is 0 Å². The summed E-state index contributed by atoms with van der Waals surface area (Å²) in [6.45, 7) is 10.7. The zero-order valence-corrected chi connectivity index (χ0v) is 12.7. The Labute approximate surface area is 121 Å². The Morgan fingerprint density at radius 3 is 2.45 bits per heavy atom. The van der Waals surface area contributed by atoms with Crippen LogP contribution in [0.4, 0.5) is 0 Å². The van der Waals surface area contributed by atoms with Gasteiger partial charge in [0.1, 0.15) is 5.75 Å². The van der Waals surface area contributed by atoms with E-state index in [9.17, 15) is 10.2 Å². The molecule has 1 aromatic rings. The van der Waals surface area contributed by atoms with E-state index < -0.39 is 11.2 Å². The van der Waals surface area contributed by atoms with Crippen LogP contribution in [-0.2, 0) is 4.65 Å². The highest BCUT2D eigenvalue weighted by Gasteiger charge is 2.35. The van der Waals surface area contributed by atoms with Crippen LogP contribution in [0.15, 0.2) is 36.9 Å². The molecule has 0 unspecified atom stereocenters. The van der Waals surface area contributed by atoms with E-state index in [1.54, 1.807) is 44.2 Å². The molecule has 0 amide bonds. The highest BCUT2D eigenvalue weighted by Crippen LogP contribution is 2.24. The second-order valence-electron chi connectivity index (χ2n) is 5.80. The quantitative estimate of drug-likeness (QED) is 0.617. The van der Waals surface area contributed by atoms with Gasteiger partial charge in [-0.1, -0.05) is 36.9 Å². The molecule has 2 N–H and O–H groups in total. The molecule has 20 heavy (non-hydrogen) atoms. The van der Waals surface area contributed by atoms with Crippen molar-refractivity contribution in [3.63, 3.8) is 0 Å². The van der Waals surface area contributed by atoms with Crippen molar-refractivity contribution in [2.75, 3.05) is 0 Å². The third-order valence-electron chi connectivity index (χ3n) is 3.63. The van der Waals surface area contributed by atoms with Crippen molar-refractivity contribution in [2.45, 2.75) is 38.9 Å². The molecule has 0 saturated heterocycles. The van der Waals surface area contributed by atoms with Crippen LogP contribution < -0.4 is 5.46 Å². The molecule has 108 valence electrons. The van der Waals surface area contributed by atoms with E-state index in [4.69, 9.17) is 4.65 Å². The van der Waals surface area contributed by atoms with Crippen LogP contribution in [0.5, 0.6) is 5.75 Å². The molecule has 0 aliphatic rings. The summed E-state index contributed by atoms with van der Waals surface area (Å²) < 4.78 is 5.83. The van der Waals surface area contributed by atoms with Crippen molar-refractivity contribution in [2.24, 2.45) is 0 Å². The van der Waals surface area contributed by atoms with E-state index in [-0.39, 0.29) is 5.75 Å². The predicted octanol–water partition coefficient (Wildman–Crippen LogP) is 2.13. The first-order valence-electron chi connectivity index (χ1n) is 6.65. The zero-order valence-electron chi connectivity index (χ0n) is 12.7. The van der Waals surface area contributed by atoms with Crippen LogP contribution in [0.25, 0.3) is 6.08 Å². The molecule has 0 radical (unpaired) electrons. The van der Waals surface area contributed by atoms with Crippen LogP contribution in [0.3, 0.4) is 0 Å². The standard InChI is InChI=1S/C16H23BO3/c1-6-7-9-12-13(10-8-11-14(12)18)17-20-16(4,5)15(2,3)19/h6-11,17-19H,1H2,2-5H3/b9-7+. The number of rotatable bonds is 6. The van der Waals surface area contributed by atoms with Gasteiger partial charge in [0.05, 0.1) is 11.2 Å². The second kappa shape index (κ2) is 6.29. The van der Waals surface area contributed by atoms with Gasteiger partial charge < -0.3 is 14.9 Å². The SMILES string of the molecule is C=C/C=C/c1c(O)cccc1BOC(C)(C)C(C)(C)O. The summed E-state index contributed by atoms with van der Waals surface area (Å²) in [7, 11) is 0.308. The van der Waals surface area contributed by atoms with Gasteiger partial charge in [0.15, 0.2) is 0 Å². The van der Waals surface area contributed by atoms with E-state index in [1.807, 2.05) is 19.9 Å². The summed E-state index contributed by atoms with van der Waals surface area (Å²) in [5, 5.41) is 20.0. The maximum absolute atomic E-state index is 10.1. The van der Waals surface area contributed by atoms with Crippen molar-refractivity contribution in [1.29, 1.82) is 0 Å². The second-order valence-corrected chi connectivity index (χ2v) is 5.80.